The van der Waals surface area contributed by atoms with Gasteiger partial charge in [0.25, 0.3) is 0 Å². The highest BCUT2D eigenvalue weighted by Gasteiger charge is 2.17. The standard InChI is InChI=1S/C42H87N3/c1-4-7-10-13-16-19-22-25-28-31-34-43(35-32-29-26-23-20-17-14-11-8-5-2)37-40-45-41-38-44(39-42-45)36-33-30-27-24-21-18-15-12-9-6-3/h4-42H2,1-3H3. The van der Waals surface area contributed by atoms with Crippen LogP contribution in [-0.2, 0) is 0 Å². The molecule has 3 heteroatoms. The van der Waals surface area contributed by atoms with Gasteiger partial charge in [-0.3, -0.25) is 4.90 Å². The van der Waals surface area contributed by atoms with Crippen LogP contribution in [0.4, 0.5) is 0 Å². The van der Waals surface area contributed by atoms with Crippen molar-refractivity contribution in [2.24, 2.45) is 0 Å². The predicted octanol–water partition coefficient (Wildman–Crippen LogP) is 12.7. The summed E-state index contributed by atoms with van der Waals surface area (Å²) >= 11 is 0. The SMILES string of the molecule is CCCCCCCCCCCCN(CCCCCCCCCCCC)CCN1CCN(CCCCCCCCCCCC)CC1. The van der Waals surface area contributed by atoms with Crippen LogP contribution in [0.1, 0.15) is 213 Å². The fraction of sp³-hybridized carbons (Fsp3) is 1.00. The van der Waals surface area contributed by atoms with E-state index in [-0.39, 0.29) is 0 Å². The van der Waals surface area contributed by atoms with Gasteiger partial charge in [0.2, 0.25) is 0 Å². The van der Waals surface area contributed by atoms with Crippen molar-refractivity contribution < 1.29 is 0 Å². The first-order valence-electron chi connectivity index (χ1n) is 21.5. The smallest absolute Gasteiger partial charge is 0.0110 e. The van der Waals surface area contributed by atoms with Gasteiger partial charge in [-0.15, -0.1) is 0 Å². The van der Waals surface area contributed by atoms with Gasteiger partial charge in [0, 0.05) is 39.3 Å². The molecule has 0 aromatic rings. The summed E-state index contributed by atoms with van der Waals surface area (Å²) in [6.45, 7) is 18.8. The highest BCUT2D eigenvalue weighted by molar-refractivity contribution is 4.73. The molecule has 1 rings (SSSR count). The van der Waals surface area contributed by atoms with Gasteiger partial charge >= 0.3 is 0 Å². The lowest BCUT2D eigenvalue weighted by Crippen LogP contribution is -2.48. The Morgan fingerprint density at radius 2 is 0.556 bits per heavy atom. The average molecular weight is 634 g/mol. The first kappa shape index (κ1) is 42.9. The number of rotatable bonds is 36. The van der Waals surface area contributed by atoms with Crippen molar-refractivity contribution in [1.29, 1.82) is 0 Å². The fourth-order valence-electron chi connectivity index (χ4n) is 7.32. The molecule has 0 bridgehead atoms. The van der Waals surface area contributed by atoms with Crippen LogP contribution in [0, 0.1) is 0 Å². The molecule has 0 aliphatic carbocycles. The van der Waals surface area contributed by atoms with Crippen LogP contribution in [0.25, 0.3) is 0 Å². The minimum absolute atomic E-state index is 1.29. The van der Waals surface area contributed by atoms with E-state index in [1.807, 2.05) is 0 Å². The minimum atomic E-state index is 1.29. The molecule has 0 radical (unpaired) electrons. The van der Waals surface area contributed by atoms with Gasteiger partial charge in [-0.1, -0.05) is 194 Å². The Balaban J connectivity index is 2.17. The van der Waals surface area contributed by atoms with Gasteiger partial charge < -0.3 is 9.80 Å². The zero-order chi connectivity index (χ0) is 32.3. The third-order valence-corrected chi connectivity index (χ3v) is 10.7. The van der Waals surface area contributed by atoms with Crippen LogP contribution in [-0.4, -0.2) is 73.6 Å². The first-order chi connectivity index (χ1) is 22.3. The van der Waals surface area contributed by atoms with E-state index in [2.05, 4.69) is 35.5 Å². The largest absolute Gasteiger partial charge is 0.302 e. The molecular formula is C42H87N3. The van der Waals surface area contributed by atoms with Crippen LogP contribution in [0.5, 0.6) is 0 Å². The maximum Gasteiger partial charge on any atom is 0.0110 e. The lowest BCUT2D eigenvalue weighted by Gasteiger charge is -2.36. The molecule has 3 nitrogen and oxygen atoms in total. The van der Waals surface area contributed by atoms with E-state index in [0.717, 1.165) is 0 Å². The topological polar surface area (TPSA) is 9.72 Å². The molecule has 45 heavy (non-hydrogen) atoms. The van der Waals surface area contributed by atoms with Gasteiger partial charge in [0.15, 0.2) is 0 Å². The van der Waals surface area contributed by atoms with Crippen molar-refractivity contribution in [2.75, 3.05) is 58.9 Å². The molecular weight excluding hydrogens is 546 g/mol. The molecule has 0 N–H and O–H groups in total. The number of hydrogen-bond donors (Lipinski definition) is 0. The van der Waals surface area contributed by atoms with Gasteiger partial charge in [0.05, 0.1) is 0 Å². The molecule has 0 spiro atoms. The predicted molar refractivity (Wildman–Crippen MR) is 205 cm³/mol. The molecule has 1 aliphatic heterocycles. The van der Waals surface area contributed by atoms with Gasteiger partial charge in [-0.2, -0.15) is 0 Å². The monoisotopic (exact) mass is 634 g/mol. The van der Waals surface area contributed by atoms with Crippen molar-refractivity contribution in [3.05, 3.63) is 0 Å². The summed E-state index contributed by atoms with van der Waals surface area (Å²) in [6, 6.07) is 0. The highest BCUT2D eigenvalue weighted by atomic mass is 15.3. The normalized spacial score (nSPS) is 14.7. The summed E-state index contributed by atoms with van der Waals surface area (Å²) in [6.07, 6.45) is 43.4. The molecule has 0 aromatic heterocycles. The number of piperazine rings is 1. The Morgan fingerprint density at radius 1 is 0.289 bits per heavy atom. The number of hydrogen-bond acceptors (Lipinski definition) is 3. The molecule has 0 unspecified atom stereocenters. The van der Waals surface area contributed by atoms with E-state index < -0.39 is 0 Å². The summed E-state index contributed by atoms with van der Waals surface area (Å²) in [5.74, 6) is 0. The third kappa shape index (κ3) is 29.7. The van der Waals surface area contributed by atoms with Crippen LogP contribution < -0.4 is 0 Å². The van der Waals surface area contributed by atoms with Crippen molar-refractivity contribution in [1.82, 2.24) is 14.7 Å². The van der Waals surface area contributed by atoms with E-state index >= 15 is 0 Å². The zero-order valence-corrected chi connectivity index (χ0v) is 31.9. The van der Waals surface area contributed by atoms with Crippen LogP contribution in [0.15, 0.2) is 0 Å². The van der Waals surface area contributed by atoms with E-state index in [1.54, 1.807) is 0 Å². The number of unbranched alkanes of at least 4 members (excludes halogenated alkanes) is 27. The van der Waals surface area contributed by atoms with Crippen LogP contribution >= 0.6 is 0 Å². The van der Waals surface area contributed by atoms with Crippen molar-refractivity contribution in [3.63, 3.8) is 0 Å². The molecule has 1 fully saturated rings. The Bertz CT molecular complexity index is 520. The minimum Gasteiger partial charge on any atom is -0.302 e. The molecule has 0 saturated carbocycles. The van der Waals surface area contributed by atoms with Crippen LogP contribution in [0.3, 0.4) is 0 Å². The fourth-order valence-corrected chi connectivity index (χ4v) is 7.32. The second kappa shape index (κ2) is 35.2. The highest BCUT2D eigenvalue weighted by Crippen LogP contribution is 2.14. The molecule has 1 saturated heterocycles. The molecule has 0 atom stereocenters. The molecule has 270 valence electrons. The molecule has 1 heterocycles. The molecule has 0 aromatic carbocycles. The first-order valence-corrected chi connectivity index (χ1v) is 21.5. The van der Waals surface area contributed by atoms with Gasteiger partial charge in [0.1, 0.15) is 0 Å². The summed E-state index contributed by atoms with van der Waals surface area (Å²) < 4.78 is 0. The van der Waals surface area contributed by atoms with E-state index in [1.165, 1.54) is 252 Å². The average Bonchev–Trinajstić information content (AvgIpc) is 3.06. The third-order valence-electron chi connectivity index (χ3n) is 10.7. The molecule has 0 amide bonds. The molecule has 1 aliphatic rings. The Hall–Kier alpha value is -0.120. The van der Waals surface area contributed by atoms with E-state index in [9.17, 15) is 0 Å². The quantitative estimate of drug-likeness (QED) is 0.0636. The Labute approximate surface area is 286 Å². The van der Waals surface area contributed by atoms with Crippen LogP contribution in [0.2, 0.25) is 0 Å². The van der Waals surface area contributed by atoms with E-state index in [0.29, 0.717) is 0 Å². The van der Waals surface area contributed by atoms with Crippen molar-refractivity contribution >= 4 is 0 Å². The summed E-state index contributed by atoms with van der Waals surface area (Å²) in [5, 5.41) is 0. The van der Waals surface area contributed by atoms with Crippen molar-refractivity contribution in [2.45, 2.75) is 213 Å². The van der Waals surface area contributed by atoms with Gasteiger partial charge in [-0.05, 0) is 38.9 Å². The summed E-state index contributed by atoms with van der Waals surface area (Å²) in [7, 11) is 0. The zero-order valence-electron chi connectivity index (χ0n) is 31.9. The maximum atomic E-state index is 2.85. The lowest BCUT2D eigenvalue weighted by atomic mass is 10.1. The number of nitrogens with zero attached hydrogens (tertiary/aromatic N) is 3. The van der Waals surface area contributed by atoms with Crippen molar-refractivity contribution in [3.8, 4) is 0 Å². The Kier molecular flexibility index (Phi) is 33.6. The maximum absolute atomic E-state index is 2.85. The van der Waals surface area contributed by atoms with E-state index in [4.69, 9.17) is 0 Å². The lowest BCUT2D eigenvalue weighted by molar-refractivity contribution is 0.116. The second-order valence-electron chi connectivity index (χ2n) is 15.1. The Morgan fingerprint density at radius 3 is 0.889 bits per heavy atom. The summed E-state index contributed by atoms with van der Waals surface area (Å²) in [4.78, 5) is 8.39. The summed E-state index contributed by atoms with van der Waals surface area (Å²) in [5.41, 5.74) is 0. The second-order valence-corrected chi connectivity index (χ2v) is 15.1. The van der Waals surface area contributed by atoms with Gasteiger partial charge in [-0.25, -0.2) is 0 Å².